The Morgan fingerprint density at radius 1 is 0.824 bits per heavy atom. The summed E-state index contributed by atoms with van der Waals surface area (Å²) in [4.78, 5) is 32.4. The summed E-state index contributed by atoms with van der Waals surface area (Å²) in [6.45, 7) is 4.87. The van der Waals surface area contributed by atoms with Gasteiger partial charge in [0.1, 0.15) is 22.8 Å². The predicted molar refractivity (Wildman–Crippen MR) is 128 cm³/mol. The number of nitrogens with zero attached hydrogens (tertiary/aromatic N) is 3. The summed E-state index contributed by atoms with van der Waals surface area (Å²) < 4.78 is 16.1. The number of urea groups is 1. The van der Waals surface area contributed by atoms with E-state index in [0.717, 1.165) is 42.3 Å². The van der Waals surface area contributed by atoms with Gasteiger partial charge in [-0.15, -0.1) is 0 Å². The number of piperidine rings is 1. The largest absolute Gasteiger partial charge is 0.497 e. The molecular formula is C26H33N3O5. The molecule has 8 nitrogen and oxygen atoms in total. The molecule has 34 heavy (non-hydrogen) atoms. The van der Waals surface area contributed by atoms with Gasteiger partial charge in [-0.2, -0.15) is 0 Å². The van der Waals surface area contributed by atoms with Crippen molar-refractivity contribution in [2.75, 3.05) is 41.0 Å². The Balaban J connectivity index is 1.48. The molecule has 2 heterocycles. The first-order valence-electron chi connectivity index (χ1n) is 11.6. The Kier molecular flexibility index (Phi) is 6.97. The lowest BCUT2D eigenvalue weighted by atomic mass is 9.85. The van der Waals surface area contributed by atoms with Gasteiger partial charge in [0, 0.05) is 32.2 Å². The molecular weight excluding hydrogens is 434 g/mol. The van der Waals surface area contributed by atoms with Crippen molar-refractivity contribution in [2.24, 2.45) is 0 Å². The van der Waals surface area contributed by atoms with Gasteiger partial charge in [0.2, 0.25) is 0 Å². The number of methoxy groups -OCH3 is 3. The second-order valence-corrected chi connectivity index (χ2v) is 8.80. The molecule has 0 bridgehead atoms. The van der Waals surface area contributed by atoms with Crippen LogP contribution < -0.4 is 14.2 Å². The molecule has 0 saturated carbocycles. The number of hydrogen-bond acceptors (Lipinski definition) is 6. The Labute approximate surface area is 201 Å². The van der Waals surface area contributed by atoms with Gasteiger partial charge in [-0.3, -0.25) is 14.6 Å². The number of likely N-dealkylation sites (tertiary alicyclic amines) is 1. The fraction of sp³-hybridized carbons (Fsp3) is 0.462. The zero-order chi connectivity index (χ0) is 24.3. The molecule has 4 rings (SSSR count). The maximum absolute atomic E-state index is 13.6. The molecule has 2 aliphatic rings. The summed E-state index contributed by atoms with van der Waals surface area (Å²) in [6.07, 6.45) is 1.22. The number of ether oxygens (including phenoxy) is 3. The Bertz CT molecular complexity index is 1030. The second-order valence-electron chi connectivity index (χ2n) is 8.80. The van der Waals surface area contributed by atoms with Crippen molar-refractivity contribution in [2.45, 2.75) is 38.4 Å². The normalized spacial score (nSPS) is 18.0. The van der Waals surface area contributed by atoms with Crippen LogP contribution in [0.3, 0.4) is 0 Å². The standard InChI is InChI=1S/C26H33N3O5/c1-5-29-25(31)28(18-19-7-6-8-21(13-19)32-2)24(30)26(29)9-11-27(12-10-26)17-20-14-22(33-3)16-23(15-20)34-4/h6-8,13-16H,5,9-12,17-18H2,1-4H3. The smallest absolute Gasteiger partial charge is 0.327 e. The molecule has 2 aliphatic heterocycles. The molecule has 3 amide bonds. The number of imide groups is 1. The van der Waals surface area contributed by atoms with E-state index >= 15 is 0 Å². The average molecular weight is 468 g/mol. The van der Waals surface area contributed by atoms with E-state index in [9.17, 15) is 9.59 Å². The molecule has 0 radical (unpaired) electrons. The summed E-state index contributed by atoms with van der Waals surface area (Å²) in [5, 5.41) is 0. The van der Waals surface area contributed by atoms with Gasteiger partial charge in [0.25, 0.3) is 5.91 Å². The third-order valence-electron chi connectivity index (χ3n) is 6.91. The first-order valence-corrected chi connectivity index (χ1v) is 11.6. The maximum Gasteiger partial charge on any atom is 0.327 e. The van der Waals surface area contributed by atoms with E-state index in [-0.39, 0.29) is 18.5 Å². The topological polar surface area (TPSA) is 71.6 Å². The fourth-order valence-corrected chi connectivity index (χ4v) is 5.09. The Morgan fingerprint density at radius 3 is 2.03 bits per heavy atom. The van der Waals surface area contributed by atoms with Crippen LogP contribution in [0, 0.1) is 0 Å². The number of carbonyl (C=O) groups excluding carboxylic acids is 2. The molecule has 182 valence electrons. The van der Waals surface area contributed by atoms with E-state index < -0.39 is 5.54 Å². The number of carbonyl (C=O) groups is 2. The van der Waals surface area contributed by atoms with Crippen molar-refractivity contribution < 1.29 is 23.8 Å². The fourth-order valence-electron chi connectivity index (χ4n) is 5.09. The van der Waals surface area contributed by atoms with Crippen molar-refractivity contribution >= 4 is 11.9 Å². The van der Waals surface area contributed by atoms with Crippen molar-refractivity contribution in [3.05, 3.63) is 53.6 Å². The molecule has 0 aromatic heterocycles. The van der Waals surface area contributed by atoms with Crippen LogP contribution in [0.1, 0.15) is 30.9 Å². The van der Waals surface area contributed by atoms with Crippen molar-refractivity contribution in [3.8, 4) is 17.2 Å². The van der Waals surface area contributed by atoms with E-state index in [2.05, 4.69) is 4.90 Å². The first-order chi connectivity index (χ1) is 16.4. The van der Waals surface area contributed by atoms with E-state index in [1.54, 1.807) is 26.2 Å². The Hall–Kier alpha value is -3.26. The second kappa shape index (κ2) is 9.93. The van der Waals surface area contributed by atoms with Crippen LogP contribution >= 0.6 is 0 Å². The van der Waals surface area contributed by atoms with E-state index in [4.69, 9.17) is 14.2 Å². The van der Waals surface area contributed by atoms with Gasteiger partial charge >= 0.3 is 6.03 Å². The van der Waals surface area contributed by atoms with Crippen molar-refractivity contribution in [1.82, 2.24) is 14.7 Å². The summed E-state index contributed by atoms with van der Waals surface area (Å²) in [7, 11) is 4.89. The zero-order valence-electron chi connectivity index (χ0n) is 20.4. The zero-order valence-corrected chi connectivity index (χ0v) is 20.4. The number of benzene rings is 2. The maximum atomic E-state index is 13.6. The van der Waals surface area contributed by atoms with Crippen LogP contribution in [-0.2, 0) is 17.9 Å². The molecule has 2 saturated heterocycles. The van der Waals surface area contributed by atoms with Gasteiger partial charge in [0.05, 0.1) is 27.9 Å². The van der Waals surface area contributed by atoms with Crippen LogP contribution in [0.4, 0.5) is 4.79 Å². The first kappa shape index (κ1) is 23.9. The van der Waals surface area contributed by atoms with Crippen LogP contribution in [0.15, 0.2) is 42.5 Å². The minimum atomic E-state index is -0.771. The number of rotatable bonds is 8. The summed E-state index contributed by atoms with van der Waals surface area (Å²) >= 11 is 0. The molecule has 2 aromatic carbocycles. The summed E-state index contributed by atoms with van der Waals surface area (Å²) in [5.41, 5.74) is 1.19. The van der Waals surface area contributed by atoms with E-state index in [1.807, 2.05) is 49.4 Å². The lowest BCUT2D eigenvalue weighted by molar-refractivity contribution is -0.136. The lowest BCUT2D eigenvalue weighted by Gasteiger charge is -2.42. The highest BCUT2D eigenvalue weighted by Crippen LogP contribution is 2.38. The van der Waals surface area contributed by atoms with Crippen LogP contribution in [0.2, 0.25) is 0 Å². The number of amides is 3. The molecule has 0 aliphatic carbocycles. The number of hydrogen-bond donors (Lipinski definition) is 0. The van der Waals surface area contributed by atoms with E-state index in [1.165, 1.54) is 4.90 Å². The minimum Gasteiger partial charge on any atom is -0.497 e. The molecule has 2 aromatic rings. The SMILES string of the molecule is CCN1C(=O)N(Cc2cccc(OC)c2)C(=O)C12CCN(Cc1cc(OC)cc(OC)c1)CC2. The molecule has 2 fully saturated rings. The summed E-state index contributed by atoms with van der Waals surface area (Å²) in [6, 6.07) is 13.2. The molecule has 0 atom stereocenters. The number of likely N-dealkylation sites (N-methyl/N-ethyl adjacent to an activating group) is 1. The molecule has 0 unspecified atom stereocenters. The van der Waals surface area contributed by atoms with Gasteiger partial charge in [-0.25, -0.2) is 4.79 Å². The van der Waals surface area contributed by atoms with E-state index in [0.29, 0.717) is 25.1 Å². The van der Waals surface area contributed by atoms with Gasteiger partial charge < -0.3 is 19.1 Å². The third-order valence-corrected chi connectivity index (χ3v) is 6.91. The molecule has 8 heteroatoms. The highest BCUT2D eigenvalue weighted by Gasteiger charge is 2.57. The van der Waals surface area contributed by atoms with Crippen LogP contribution in [-0.4, -0.2) is 73.1 Å². The highest BCUT2D eigenvalue weighted by molar-refractivity contribution is 6.07. The van der Waals surface area contributed by atoms with Gasteiger partial charge in [-0.1, -0.05) is 12.1 Å². The molecule has 1 spiro atoms. The quantitative estimate of drug-likeness (QED) is 0.553. The summed E-state index contributed by atoms with van der Waals surface area (Å²) in [5.74, 6) is 2.13. The van der Waals surface area contributed by atoms with Crippen LogP contribution in [0.5, 0.6) is 17.2 Å². The van der Waals surface area contributed by atoms with Crippen molar-refractivity contribution in [1.29, 1.82) is 0 Å². The third kappa shape index (κ3) is 4.42. The van der Waals surface area contributed by atoms with Crippen molar-refractivity contribution in [3.63, 3.8) is 0 Å². The highest BCUT2D eigenvalue weighted by atomic mass is 16.5. The van der Waals surface area contributed by atoms with Crippen LogP contribution in [0.25, 0.3) is 0 Å². The Morgan fingerprint density at radius 2 is 1.44 bits per heavy atom. The van der Waals surface area contributed by atoms with Gasteiger partial charge in [-0.05, 0) is 55.2 Å². The minimum absolute atomic E-state index is 0.0927. The monoisotopic (exact) mass is 467 g/mol. The molecule has 0 N–H and O–H groups in total. The predicted octanol–water partition coefficient (Wildman–Crippen LogP) is 3.53. The average Bonchev–Trinajstić information content (AvgIpc) is 3.05. The lowest BCUT2D eigenvalue weighted by Crippen LogP contribution is -2.56. The van der Waals surface area contributed by atoms with Gasteiger partial charge in [0.15, 0.2) is 0 Å².